The normalized spacial score (nSPS) is 10.9. The largest absolute Gasteiger partial charge is 0.509 e. The Hall–Kier alpha value is -1.61. The molecule has 0 amide bonds. The maximum atomic E-state index is 12.0. The predicted octanol–water partition coefficient (Wildman–Crippen LogP) is 3.82. The summed E-state index contributed by atoms with van der Waals surface area (Å²) in [7, 11) is 0. The minimum atomic E-state index is -0.202. The van der Waals surface area contributed by atoms with Gasteiger partial charge in [0.25, 0.3) is 0 Å². The maximum absolute atomic E-state index is 12.0. The summed E-state index contributed by atoms with van der Waals surface area (Å²) in [6.07, 6.45) is 2.68. The molecule has 0 aliphatic heterocycles. The van der Waals surface area contributed by atoms with Crippen LogP contribution in [0.4, 0.5) is 0 Å². The lowest BCUT2D eigenvalue weighted by atomic mass is 10.0. The Labute approximate surface area is 103 Å². The Bertz CT molecular complexity index is 473. The molecule has 0 aromatic heterocycles. The van der Waals surface area contributed by atoms with Gasteiger partial charge in [0.05, 0.1) is 0 Å². The van der Waals surface area contributed by atoms with Crippen molar-refractivity contribution in [3.63, 3.8) is 0 Å². The first-order valence-corrected chi connectivity index (χ1v) is 5.36. The topological polar surface area (TPSA) is 37.3 Å². The van der Waals surface area contributed by atoms with Crippen molar-refractivity contribution in [3.8, 4) is 0 Å². The lowest BCUT2D eigenvalue weighted by Gasteiger charge is -2.02. The van der Waals surface area contributed by atoms with E-state index >= 15 is 0 Å². The van der Waals surface area contributed by atoms with Crippen LogP contribution in [0.1, 0.15) is 10.4 Å². The minimum Gasteiger partial charge on any atom is -0.509 e. The number of ketones is 1. The van der Waals surface area contributed by atoms with Gasteiger partial charge in [-0.2, -0.15) is 0 Å². The molecule has 2 nitrogen and oxygen atoms in total. The lowest BCUT2D eigenvalue weighted by molar-refractivity contribution is 0.103. The van der Waals surface area contributed by atoms with Gasteiger partial charge in [0.15, 0.2) is 5.78 Å². The Kier molecular flexibility index (Phi) is 4.26. The minimum absolute atomic E-state index is 0.168. The maximum Gasteiger partial charge on any atom is 0.193 e. The van der Waals surface area contributed by atoms with Crippen LogP contribution in [-0.2, 0) is 0 Å². The fourth-order valence-electron chi connectivity index (χ4n) is 1.19. The van der Waals surface area contributed by atoms with Gasteiger partial charge in [0.2, 0.25) is 0 Å². The second-order valence-corrected chi connectivity index (χ2v) is 4.05. The van der Waals surface area contributed by atoms with Crippen molar-refractivity contribution in [1.82, 2.24) is 0 Å². The zero-order valence-electron chi connectivity index (χ0n) is 8.61. The molecule has 0 saturated heterocycles. The van der Waals surface area contributed by atoms with Gasteiger partial charge in [-0.25, -0.2) is 0 Å². The number of aliphatic hydroxyl groups is 1. The van der Waals surface area contributed by atoms with E-state index in [1.807, 2.05) is 6.07 Å². The van der Waals surface area contributed by atoms with E-state index in [9.17, 15) is 4.79 Å². The van der Waals surface area contributed by atoms with Gasteiger partial charge < -0.3 is 5.11 Å². The van der Waals surface area contributed by atoms with E-state index in [-0.39, 0.29) is 11.5 Å². The fourth-order valence-corrected chi connectivity index (χ4v) is 1.59. The van der Waals surface area contributed by atoms with Crippen LogP contribution >= 0.6 is 15.9 Å². The van der Waals surface area contributed by atoms with Crippen LogP contribution in [0.15, 0.2) is 65.4 Å². The standard InChI is InChI=1S/C13H11BrO2/c1-3-10(7-9(2)15)13(16)11-5-4-6-12(14)8-11/h3-8,15H,1-2H2/b10-7+. The van der Waals surface area contributed by atoms with Crippen LogP contribution in [0.2, 0.25) is 0 Å². The van der Waals surface area contributed by atoms with Crippen LogP contribution in [0.3, 0.4) is 0 Å². The van der Waals surface area contributed by atoms with E-state index in [0.29, 0.717) is 11.1 Å². The van der Waals surface area contributed by atoms with Crippen LogP contribution < -0.4 is 0 Å². The fraction of sp³-hybridized carbons (Fsp3) is 0. The number of hydrogen-bond acceptors (Lipinski definition) is 2. The molecule has 0 aliphatic rings. The van der Waals surface area contributed by atoms with E-state index in [2.05, 4.69) is 29.1 Å². The van der Waals surface area contributed by atoms with Gasteiger partial charge in [-0.1, -0.05) is 47.3 Å². The Balaban J connectivity index is 3.10. The van der Waals surface area contributed by atoms with Crippen LogP contribution in [0, 0.1) is 0 Å². The Morgan fingerprint density at radius 2 is 2.12 bits per heavy atom. The van der Waals surface area contributed by atoms with E-state index in [0.717, 1.165) is 4.47 Å². The number of carbonyl (C=O) groups excluding carboxylic acids is 1. The van der Waals surface area contributed by atoms with Crippen molar-refractivity contribution in [2.75, 3.05) is 0 Å². The quantitative estimate of drug-likeness (QED) is 0.394. The number of rotatable bonds is 4. The molecule has 16 heavy (non-hydrogen) atoms. The van der Waals surface area contributed by atoms with E-state index in [4.69, 9.17) is 5.11 Å². The molecule has 82 valence electrons. The summed E-state index contributed by atoms with van der Waals surface area (Å²) in [5.41, 5.74) is 0.840. The molecular weight excluding hydrogens is 268 g/mol. The summed E-state index contributed by atoms with van der Waals surface area (Å²) in [6, 6.07) is 7.01. The number of halogens is 1. The Morgan fingerprint density at radius 1 is 1.44 bits per heavy atom. The van der Waals surface area contributed by atoms with Gasteiger partial charge in [-0.05, 0) is 18.2 Å². The third-order valence-corrected chi connectivity index (χ3v) is 2.38. The average molecular weight is 279 g/mol. The molecule has 1 N–H and O–H groups in total. The zero-order valence-corrected chi connectivity index (χ0v) is 10.2. The van der Waals surface area contributed by atoms with Crippen molar-refractivity contribution in [2.45, 2.75) is 0 Å². The van der Waals surface area contributed by atoms with E-state index in [1.54, 1.807) is 18.2 Å². The molecule has 3 heteroatoms. The van der Waals surface area contributed by atoms with Crippen molar-refractivity contribution in [1.29, 1.82) is 0 Å². The van der Waals surface area contributed by atoms with Crippen molar-refractivity contribution >= 4 is 21.7 Å². The van der Waals surface area contributed by atoms with Gasteiger partial charge in [0.1, 0.15) is 5.76 Å². The monoisotopic (exact) mass is 278 g/mol. The summed E-state index contributed by atoms with van der Waals surface area (Å²) in [4.78, 5) is 12.0. The Morgan fingerprint density at radius 3 is 2.62 bits per heavy atom. The number of aliphatic hydroxyl groups excluding tert-OH is 1. The van der Waals surface area contributed by atoms with Gasteiger partial charge in [-0.3, -0.25) is 4.79 Å². The number of allylic oxidation sites excluding steroid dienone is 3. The molecule has 0 unspecified atom stereocenters. The summed E-state index contributed by atoms with van der Waals surface area (Å²) in [5, 5.41) is 9.02. The van der Waals surface area contributed by atoms with Crippen LogP contribution in [0.5, 0.6) is 0 Å². The number of Topliss-reactive ketones (excluding diaryl/α,β-unsaturated/α-hetero) is 1. The average Bonchev–Trinajstić information content (AvgIpc) is 2.24. The van der Waals surface area contributed by atoms with Crippen LogP contribution in [0.25, 0.3) is 0 Å². The molecule has 1 aromatic carbocycles. The first-order valence-electron chi connectivity index (χ1n) is 4.57. The third kappa shape index (κ3) is 3.21. The molecule has 0 aliphatic carbocycles. The molecule has 0 atom stereocenters. The molecule has 1 aromatic rings. The second-order valence-electron chi connectivity index (χ2n) is 3.13. The molecule has 0 saturated carbocycles. The van der Waals surface area contributed by atoms with Crippen molar-refractivity contribution < 1.29 is 9.90 Å². The molecule has 0 spiro atoms. The number of carbonyl (C=O) groups is 1. The summed E-state index contributed by atoms with van der Waals surface area (Å²) in [5.74, 6) is -0.371. The van der Waals surface area contributed by atoms with Gasteiger partial charge in [0, 0.05) is 15.6 Å². The first kappa shape index (κ1) is 12.5. The zero-order chi connectivity index (χ0) is 12.1. The highest BCUT2D eigenvalue weighted by Gasteiger charge is 2.09. The SMILES string of the molecule is C=C/C(=C\C(=C)O)C(=O)c1cccc(Br)c1. The highest BCUT2D eigenvalue weighted by atomic mass is 79.9. The number of benzene rings is 1. The highest BCUT2D eigenvalue weighted by molar-refractivity contribution is 9.10. The third-order valence-electron chi connectivity index (χ3n) is 1.89. The first-order chi connectivity index (χ1) is 7.54. The van der Waals surface area contributed by atoms with Gasteiger partial charge >= 0.3 is 0 Å². The molecule has 0 bridgehead atoms. The lowest BCUT2D eigenvalue weighted by Crippen LogP contribution is -2.01. The smallest absolute Gasteiger partial charge is 0.193 e. The number of hydrogen-bond donors (Lipinski definition) is 1. The van der Waals surface area contributed by atoms with E-state index in [1.165, 1.54) is 12.2 Å². The summed E-state index contributed by atoms with van der Waals surface area (Å²) < 4.78 is 0.824. The van der Waals surface area contributed by atoms with E-state index < -0.39 is 0 Å². The van der Waals surface area contributed by atoms with Crippen molar-refractivity contribution in [2.24, 2.45) is 0 Å². The second kappa shape index (κ2) is 5.47. The summed E-state index contributed by atoms with van der Waals surface area (Å²) >= 11 is 3.29. The predicted molar refractivity (Wildman–Crippen MR) is 68.5 cm³/mol. The molecule has 0 heterocycles. The summed E-state index contributed by atoms with van der Waals surface area (Å²) in [6.45, 7) is 6.84. The van der Waals surface area contributed by atoms with Crippen molar-refractivity contribution in [3.05, 3.63) is 70.9 Å². The highest BCUT2D eigenvalue weighted by Crippen LogP contribution is 2.16. The van der Waals surface area contributed by atoms with Crippen LogP contribution in [-0.4, -0.2) is 10.9 Å². The molecule has 1 rings (SSSR count). The molecule has 0 radical (unpaired) electrons. The molecule has 0 fully saturated rings. The molecular formula is C13H11BrO2. The van der Waals surface area contributed by atoms with Gasteiger partial charge in [-0.15, -0.1) is 0 Å².